The van der Waals surface area contributed by atoms with Gasteiger partial charge in [-0.1, -0.05) is 0 Å². The smallest absolute Gasteiger partial charge is 0.264 e. The number of hydrogen-bond donors (Lipinski definition) is 1. The van der Waals surface area contributed by atoms with Crippen LogP contribution in [-0.2, 0) is 28.9 Å². The van der Waals surface area contributed by atoms with Crippen molar-refractivity contribution in [3.63, 3.8) is 0 Å². The van der Waals surface area contributed by atoms with Crippen LogP contribution >= 0.6 is 0 Å². The molecule has 12 heteroatoms. The molecular formula is C37H48F2N8O2. The molecule has 0 radical (unpaired) electrons. The first-order chi connectivity index (χ1) is 23.9. The van der Waals surface area contributed by atoms with Crippen molar-refractivity contribution in [2.75, 3.05) is 75.4 Å². The van der Waals surface area contributed by atoms with Gasteiger partial charge in [-0.05, 0) is 73.9 Å². The fraction of sp³-hybridized carbons (Fsp3) is 0.595. The van der Waals surface area contributed by atoms with E-state index in [1.165, 1.54) is 0 Å². The number of pyridine rings is 1. The SMILES string of the molecule is CC(=O)N1CCc2c(c(N3CCCc4cc(-c5ccc(N6CCC(N7CCNCC7)CC6)nc5)c(C(F)F)cc43)nn2C2CCOCC2)C1. The standard InChI is InChI=1S/C37H48F2N8O2/c1-25(48)45-16-8-33-32(24-45)37(42-47(33)29-9-19-49-20-10-29)46-13-2-3-26-21-30(31(36(38)39)22-34(26)46)27-4-5-35(41-23-27)44-14-6-28(7-15-44)43-17-11-40-12-18-43/h4-5,21-23,28-29,36,40H,2-3,6-20,24H2,1H3. The van der Waals surface area contributed by atoms with E-state index >= 15 is 0 Å². The third-order valence-electron chi connectivity index (χ3n) is 11.4. The summed E-state index contributed by atoms with van der Waals surface area (Å²) in [4.78, 5) is 26.2. The molecule has 3 saturated heterocycles. The Morgan fingerprint density at radius 3 is 2.47 bits per heavy atom. The molecule has 0 spiro atoms. The molecule has 1 aromatic carbocycles. The summed E-state index contributed by atoms with van der Waals surface area (Å²) < 4.78 is 37.6. The highest BCUT2D eigenvalue weighted by molar-refractivity contribution is 5.78. The molecule has 1 N–H and O–H groups in total. The number of amides is 1. The molecule has 0 bridgehead atoms. The fourth-order valence-electron chi connectivity index (χ4n) is 8.68. The van der Waals surface area contributed by atoms with Gasteiger partial charge in [0.2, 0.25) is 5.91 Å². The third kappa shape index (κ3) is 6.43. The molecular weight excluding hydrogens is 626 g/mol. The topological polar surface area (TPSA) is 82.0 Å². The summed E-state index contributed by atoms with van der Waals surface area (Å²) in [5, 5.41) is 8.66. The predicted molar refractivity (Wildman–Crippen MR) is 186 cm³/mol. The Bertz CT molecular complexity index is 1640. The number of rotatable bonds is 6. The van der Waals surface area contributed by atoms with Crippen LogP contribution in [0.3, 0.4) is 0 Å². The van der Waals surface area contributed by atoms with Gasteiger partial charge < -0.3 is 24.8 Å². The molecule has 3 aromatic rings. The second-order valence-corrected chi connectivity index (χ2v) is 14.3. The molecule has 262 valence electrons. The van der Waals surface area contributed by atoms with Gasteiger partial charge in [0.15, 0.2) is 5.82 Å². The van der Waals surface area contributed by atoms with E-state index < -0.39 is 6.43 Å². The van der Waals surface area contributed by atoms with Gasteiger partial charge in [-0.3, -0.25) is 14.4 Å². The number of aromatic nitrogens is 3. The van der Waals surface area contributed by atoms with E-state index in [-0.39, 0.29) is 17.5 Å². The first-order valence-electron chi connectivity index (χ1n) is 18.3. The summed E-state index contributed by atoms with van der Waals surface area (Å²) in [7, 11) is 0. The minimum absolute atomic E-state index is 0.0140. The number of fused-ring (bicyclic) bond motifs is 2. The fourth-order valence-corrected chi connectivity index (χ4v) is 8.68. The van der Waals surface area contributed by atoms with Crippen molar-refractivity contribution >= 4 is 23.2 Å². The number of ether oxygens (including phenoxy) is 1. The van der Waals surface area contributed by atoms with Gasteiger partial charge >= 0.3 is 0 Å². The van der Waals surface area contributed by atoms with Crippen LogP contribution in [0.2, 0.25) is 0 Å². The molecule has 7 heterocycles. The molecule has 49 heavy (non-hydrogen) atoms. The van der Waals surface area contributed by atoms with Crippen molar-refractivity contribution < 1.29 is 18.3 Å². The lowest BCUT2D eigenvalue weighted by Gasteiger charge is -2.40. The molecule has 3 fully saturated rings. The highest BCUT2D eigenvalue weighted by Gasteiger charge is 2.34. The van der Waals surface area contributed by atoms with Gasteiger partial charge in [-0.15, -0.1) is 0 Å². The lowest BCUT2D eigenvalue weighted by molar-refractivity contribution is -0.129. The van der Waals surface area contributed by atoms with Crippen molar-refractivity contribution in [3.8, 4) is 11.1 Å². The lowest BCUT2D eigenvalue weighted by atomic mass is 9.92. The monoisotopic (exact) mass is 674 g/mol. The van der Waals surface area contributed by atoms with Gasteiger partial charge in [0.05, 0.1) is 12.6 Å². The van der Waals surface area contributed by atoms with Gasteiger partial charge in [0.1, 0.15) is 5.82 Å². The highest BCUT2D eigenvalue weighted by Crippen LogP contribution is 2.44. The van der Waals surface area contributed by atoms with Crippen molar-refractivity contribution in [2.45, 2.75) is 76.9 Å². The number of anilines is 3. The van der Waals surface area contributed by atoms with E-state index in [0.29, 0.717) is 50.0 Å². The Kier molecular flexibility index (Phi) is 9.28. The maximum Gasteiger partial charge on any atom is 0.264 e. The first kappa shape index (κ1) is 32.6. The molecule has 10 nitrogen and oxygen atoms in total. The molecule has 8 rings (SSSR count). The lowest BCUT2D eigenvalue weighted by Crippen LogP contribution is -2.52. The zero-order valence-electron chi connectivity index (χ0n) is 28.5. The Balaban J connectivity index is 1.08. The van der Waals surface area contributed by atoms with E-state index in [1.807, 2.05) is 23.1 Å². The van der Waals surface area contributed by atoms with E-state index in [9.17, 15) is 13.6 Å². The number of alkyl halides is 2. The number of nitrogens with zero attached hydrogens (tertiary/aromatic N) is 7. The van der Waals surface area contributed by atoms with Gasteiger partial charge in [0, 0.05) is 119 Å². The average Bonchev–Trinajstić information content (AvgIpc) is 3.53. The van der Waals surface area contributed by atoms with Crippen LogP contribution in [0.5, 0.6) is 0 Å². The van der Waals surface area contributed by atoms with Crippen LogP contribution in [0.25, 0.3) is 11.1 Å². The molecule has 0 saturated carbocycles. The van der Waals surface area contributed by atoms with Gasteiger partial charge in [-0.25, -0.2) is 13.8 Å². The van der Waals surface area contributed by atoms with Crippen LogP contribution in [-0.4, -0.2) is 102 Å². The zero-order valence-corrected chi connectivity index (χ0v) is 28.5. The Morgan fingerprint density at radius 1 is 0.959 bits per heavy atom. The average molecular weight is 675 g/mol. The summed E-state index contributed by atoms with van der Waals surface area (Å²) in [6, 6.07) is 8.46. The van der Waals surface area contributed by atoms with Crippen LogP contribution in [0.4, 0.5) is 26.1 Å². The molecule has 0 aliphatic carbocycles. The Morgan fingerprint density at radius 2 is 1.76 bits per heavy atom. The molecule has 0 unspecified atom stereocenters. The van der Waals surface area contributed by atoms with Crippen LogP contribution < -0.4 is 15.1 Å². The zero-order chi connectivity index (χ0) is 33.5. The minimum atomic E-state index is -2.64. The maximum atomic E-state index is 14.9. The van der Waals surface area contributed by atoms with E-state index in [2.05, 4.69) is 24.7 Å². The van der Waals surface area contributed by atoms with E-state index in [1.54, 1.807) is 19.2 Å². The van der Waals surface area contributed by atoms with Crippen molar-refractivity contribution in [1.29, 1.82) is 0 Å². The van der Waals surface area contributed by atoms with E-state index in [0.717, 1.165) is 118 Å². The number of aryl methyl sites for hydroxylation is 1. The number of benzene rings is 1. The number of piperazine rings is 1. The second kappa shape index (κ2) is 14.0. The summed E-state index contributed by atoms with van der Waals surface area (Å²) >= 11 is 0. The quantitative estimate of drug-likeness (QED) is 0.387. The first-order valence-corrected chi connectivity index (χ1v) is 18.3. The molecule has 2 aromatic heterocycles. The Hall–Kier alpha value is -3.61. The minimum Gasteiger partial charge on any atom is -0.381 e. The van der Waals surface area contributed by atoms with Crippen molar-refractivity contribution in [3.05, 3.63) is 52.8 Å². The maximum absolute atomic E-state index is 14.9. The van der Waals surface area contributed by atoms with Gasteiger partial charge in [0.25, 0.3) is 6.43 Å². The third-order valence-corrected chi connectivity index (χ3v) is 11.4. The van der Waals surface area contributed by atoms with Crippen LogP contribution in [0.1, 0.15) is 73.9 Å². The summed E-state index contributed by atoms with van der Waals surface area (Å²) in [6.45, 7) is 11.1. The number of halogens is 2. The number of nitrogens with one attached hydrogen (secondary N) is 1. The summed E-state index contributed by atoms with van der Waals surface area (Å²) in [6.07, 6.45) is 5.56. The second-order valence-electron chi connectivity index (χ2n) is 14.3. The number of carbonyl (C=O) groups is 1. The number of hydrogen-bond acceptors (Lipinski definition) is 8. The van der Waals surface area contributed by atoms with E-state index in [4.69, 9.17) is 14.8 Å². The highest BCUT2D eigenvalue weighted by atomic mass is 19.3. The van der Waals surface area contributed by atoms with Gasteiger partial charge in [-0.2, -0.15) is 5.10 Å². The number of piperidine rings is 1. The summed E-state index contributed by atoms with van der Waals surface area (Å²) in [5.41, 5.74) is 5.31. The molecule has 1 amide bonds. The Labute approximate surface area is 287 Å². The van der Waals surface area contributed by atoms with Crippen LogP contribution in [0, 0.1) is 0 Å². The number of carbonyl (C=O) groups excluding carboxylic acids is 1. The van der Waals surface area contributed by atoms with Crippen LogP contribution in [0.15, 0.2) is 30.5 Å². The van der Waals surface area contributed by atoms with Crippen molar-refractivity contribution in [2.24, 2.45) is 0 Å². The van der Waals surface area contributed by atoms with Crippen molar-refractivity contribution in [1.82, 2.24) is 29.9 Å². The molecule has 5 aliphatic heterocycles. The molecule has 5 aliphatic rings. The normalized spacial score (nSPS) is 21.3. The predicted octanol–water partition coefficient (Wildman–Crippen LogP) is 5.10. The summed E-state index contributed by atoms with van der Waals surface area (Å²) in [5.74, 6) is 1.75. The largest absolute Gasteiger partial charge is 0.381 e. The molecule has 0 atom stereocenters.